The molecule has 0 unspecified atom stereocenters. The number of nitrogens with two attached hydrogens (primary N) is 1. The van der Waals surface area contributed by atoms with Crippen molar-refractivity contribution < 1.29 is 19.8 Å². The molecule has 0 aliphatic carbocycles. The van der Waals surface area contributed by atoms with Crippen LogP contribution in [0.1, 0.15) is 15.5 Å². The molecule has 8 heteroatoms. The lowest BCUT2D eigenvalue weighted by molar-refractivity contribution is -0.146. The van der Waals surface area contributed by atoms with E-state index in [9.17, 15) is 9.59 Å². The minimum absolute atomic E-state index is 0.205. The van der Waals surface area contributed by atoms with Crippen molar-refractivity contribution in [1.82, 2.24) is 10.3 Å². The topological polar surface area (TPSA) is 126 Å². The van der Waals surface area contributed by atoms with Gasteiger partial charge in [0.1, 0.15) is 5.69 Å². The lowest BCUT2D eigenvalue weighted by Gasteiger charge is -2.05. The highest BCUT2D eigenvalue weighted by Crippen LogP contribution is 2.09. The number of thiazole rings is 1. The Morgan fingerprint density at radius 3 is 2.88 bits per heavy atom. The first kappa shape index (κ1) is 13.6. The molecule has 1 aromatic heterocycles. The van der Waals surface area contributed by atoms with Gasteiger partial charge in [0.2, 0.25) is 0 Å². The fourth-order valence-electron chi connectivity index (χ4n) is 1.02. The maximum atomic E-state index is 11.5. The number of hydrogen-bond acceptors (Lipinski definition) is 6. The van der Waals surface area contributed by atoms with Gasteiger partial charge >= 0.3 is 5.97 Å². The third-order valence-corrected chi connectivity index (χ3v) is 2.79. The maximum Gasteiger partial charge on any atom is 0.334 e. The van der Waals surface area contributed by atoms with Gasteiger partial charge in [-0.2, -0.15) is 0 Å². The van der Waals surface area contributed by atoms with Gasteiger partial charge in [0.25, 0.3) is 5.91 Å². The highest BCUT2D eigenvalue weighted by Gasteiger charge is 2.16. The summed E-state index contributed by atoms with van der Waals surface area (Å²) in [6.45, 7) is 0.101. The lowest BCUT2D eigenvalue weighted by Crippen LogP contribution is -2.36. The number of aromatic nitrogens is 1. The number of carbonyl (C=O) groups excluding carboxylic acids is 1. The van der Waals surface area contributed by atoms with Crippen molar-refractivity contribution in [2.75, 3.05) is 13.1 Å². The molecule has 0 saturated heterocycles. The molecule has 0 aliphatic heterocycles. The van der Waals surface area contributed by atoms with Crippen LogP contribution < -0.4 is 11.1 Å². The van der Waals surface area contributed by atoms with E-state index in [0.29, 0.717) is 13.0 Å². The average Bonchev–Trinajstić information content (AvgIpc) is 2.74. The van der Waals surface area contributed by atoms with Crippen molar-refractivity contribution in [3.05, 3.63) is 16.1 Å². The molecule has 1 heterocycles. The molecule has 7 nitrogen and oxygen atoms in total. The normalized spacial score (nSPS) is 12.1. The lowest BCUT2D eigenvalue weighted by atomic mass is 10.3. The molecule has 1 atom stereocenters. The zero-order chi connectivity index (χ0) is 12.8. The number of nitrogens with zero attached hydrogens (tertiary/aromatic N) is 1. The zero-order valence-corrected chi connectivity index (χ0v) is 9.74. The number of aliphatic hydroxyl groups excluding tert-OH is 1. The van der Waals surface area contributed by atoms with Crippen molar-refractivity contribution >= 4 is 23.2 Å². The standard InChI is InChI=1S/C9H13N3O4S/c10-2-1-7-12-5(4-17-7)8(14)11-3-6(13)9(15)16/h4,6,13H,1-3,10H2,(H,11,14)(H,15,16)/t6-/m0/s1. The zero-order valence-electron chi connectivity index (χ0n) is 8.92. The fraction of sp³-hybridized carbons (Fsp3) is 0.444. The van der Waals surface area contributed by atoms with E-state index in [0.717, 1.165) is 5.01 Å². The van der Waals surface area contributed by atoms with Crippen molar-refractivity contribution in [1.29, 1.82) is 0 Å². The van der Waals surface area contributed by atoms with E-state index in [2.05, 4.69) is 10.3 Å². The van der Waals surface area contributed by atoms with Crippen LogP contribution in [-0.4, -0.2) is 46.3 Å². The van der Waals surface area contributed by atoms with Crippen molar-refractivity contribution in [3.8, 4) is 0 Å². The van der Waals surface area contributed by atoms with E-state index >= 15 is 0 Å². The molecule has 0 aromatic carbocycles. The molecule has 0 saturated carbocycles. The molecule has 0 radical (unpaired) electrons. The molecule has 1 aromatic rings. The smallest absolute Gasteiger partial charge is 0.334 e. The van der Waals surface area contributed by atoms with Crippen molar-refractivity contribution in [2.45, 2.75) is 12.5 Å². The van der Waals surface area contributed by atoms with Gasteiger partial charge in [-0.1, -0.05) is 0 Å². The predicted molar refractivity (Wildman–Crippen MR) is 60.8 cm³/mol. The SMILES string of the molecule is NCCc1nc(C(=O)NC[C@H](O)C(=O)O)cs1. The molecule has 0 spiro atoms. The van der Waals surface area contributed by atoms with Gasteiger partial charge in [-0.15, -0.1) is 11.3 Å². The van der Waals surface area contributed by atoms with Gasteiger partial charge in [0, 0.05) is 11.8 Å². The van der Waals surface area contributed by atoms with Crippen LogP contribution in [0.2, 0.25) is 0 Å². The Morgan fingerprint density at radius 1 is 1.59 bits per heavy atom. The second kappa shape index (κ2) is 6.28. The minimum Gasteiger partial charge on any atom is -0.479 e. The fourth-order valence-corrected chi connectivity index (χ4v) is 1.81. The summed E-state index contributed by atoms with van der Waals surface area (Å²) < 4.78 is 0. The summed E-state index contributed by atoms with van der Waals surface area (Å²) in [6, 6.07) is 0. The van der Waals surface area contributed by atoms with Crippen LogP contribution in [0, 0.1) is 0 Å². The van der Waals surface area contributed by atoms with E-state index < -0.39 is 18.0 Å². The first-order chi connectivity index (χ1) is 8.04. The molecular weight excluding hydrogens is 246 g/mol. The molecule has 1 amide bonds. The van der Waals surface area contributed by atoms with Crippen LogP contribution in [0.3, 0.4) is 0 Å². The third-order valence-electron chi connectivity index (χ3n) is 1.88. The highest BCUT2D eigenvalue weighted by atomic mass is 32.1. The largest absolute Gasteiger partial charge is 0.479 e. The number of nitrogens with one attached hydrogen (secondary N) is 1. The molecule has 94 valence electrons. The summed E-state index contributed by atoms with van der Waals surface area (Å²) in [5, 5.41) is 22.0. The number of aliphatic carboxylic acids is 1. The maximum absolute atomic E-state index is 11.5. The van der Waals surface area contributed by atoms with Crippen LogP contribution in [-0.2, 0) is 11.2 Å². The summed E-state index contributed by atoms with van der Waals surface area (Å²) in [5.41, 5.74) is 5.55. The monoisotopic (exact) mass is 259 g/mol. The predicted octanol–water partition coefficient (Wildman–Crippen LogP) is -1.18. The Labute approximate surface area is 101 Å². The van der Waals surface area contributed by atoms with Crippen LogP contribution >= 0.6 is 11.3 Å². The van der Waals surface area contributed by atoms with E-state index in [1.54, 1.807) is 5.38 Å². The van der Waals surface area contributed by atoms with Gasteiger partial charge in [0.05, 0.1) is 11.6 Å². The molecule has 1 rings (SSSR count). The Morgan fingerprint density at radius 2 is 2.29 bits per heavy atom. The Balaban J connectivity index is 2.49. The summed E-state index contributed by atoms with van der Waals surface area (Å²) >= 11 is 1.31. The number of amides is 1. The molecule has 0 bridgehead atoms. The number of hydrogen-bond donors (Lipinski definition) is 4. The summed E-state index contributed by atoms with van der Waals surface area (Å²) in [5.74, 6) is -1.89. The Hall–Kier alpha value is -1.51. The second-order valence-corrected chi connectivity index (χ2v) is 4.17. The van der Waals surface area contributed by atoms with E-state index in [4.69, 9.17) is 15.9 Å². The minimum atomic E-state index is -1.61. The van der Waals surface area contributed by atoms with Crippen LogP contribution in [0.5, 0.6) is 0 Å². The van der Waals surface area contributed by atoms with E-state index in [-0.39, 0.29) is 12.2 Å². The third kappa shape index (κ3) is 4.10. The quantitative estimate of drug-likeness (QED) is 0.509. The second-order valence-electron chi connectivity index (χ2n) is 3.23. The molecule has 0 fully saturated rings. The molecule has 17 heavy (non-hydrogen) atoms. The number of carbonyl (C=O) groups is 2. The van der Waals surface area contributed by atoms with Crippen LogP contribution in [0.4, 0.5) is 0 Å². The van der Waals surface area contributed by atoms with E-state index in [1.165, 1.54) is 11.3 Å². The van der Waals surface area contributed by atoms with Crippen molar-refractivity contribution in [3.63, 3.8) is 0 Å². The van der Waals surface area contributed by atoms with Gasteiger partial charge in [-0.05, 0) is 6.54 Å². The number of carboxylic acid groups (broad SMARTS) is 1. The van der Waals surface area contributed by atoms with Crippen LogP contribution in [0.25, 0.3) is 0 Å². The number of carboxylic acids is 1. The summed E-state index contributed by atoms with van der Waals surface area (Å²) in [6.07, 6.45) is -1.02. The number of rotatable bonds is 6. The first-order valence-corrected chi connectivity index (χ1v) is 5.76. The highest BCUT2D eigenvalue weighted by molar-refractivity contribution is 7.09. The number of aliphatic hydroxyl groups is 1. The summed E-state index contributed by atoms with van der Waals surface area (Å²) in [7, 11) is 0. The first-order valence-electron chi connectivity index (χ1n) is 4.88. The van der Waals surface area contributed by atoms with Gasteiger partial charge in [-0.25, -0.2) is 9.78 Å². The van der Waals surface area contributed by atoms with E-state index in [1.807, 2.05) is 0 Å². The summed E-state index contributed by atoms with van der Waals surface area (Å²) in [4.78, 5) is 25.8. The molecular formula is C9H13N3O4S. The Kier molecular flexibility index (Phi) is 5.01. The molecule has 0 aliphatic rings. The van der Waals surface area contributed by atoms with Gasteiger partial charge < -0.3 is 21.3 Å². The van der Waals surface area contributed by atoms with Gasteiger partial charge in [-0.3, -0.25) is 4.79 Å². The van der Waals surface area contributed by atoms with Crippen molar-refractivity contribution in [2.24, 2.45) is 5.73 Å². The molecule has 5 N–H and O–H groups in total. The average molecular weight is 259 g/mol. The Bertz CT molecular complexity index is 407. The van der Waals surface area contributed by atoms with Gasteiger partial charge in [0.15, 0.2) is 6.10 Å². The van der Waals surface area contributed by atoms with Crippen LogP contribution in [0.15, 0.2) is 5.38 Å².